The molecule has 0 atom stereocenters. The van der Waals surface area contributed by atoms with Gasteiger partial charge in [0.1, 0.15) is 0 Å². The summed E-state index contributed by atoms with van der Waals surface area (Å²) in [6, 6.07) is 9.95. The topological polar surface area (TPSA) is 26.3 Å². The molecule has 0 fully saturated rings. The summed E-state index contributed by atoms with van der Waals surface area (Å²) in [5, 5.41) is 1.13. The van der Waals surface area contributed by atoms with Crippen LogP contribution in [0.4, 0.5) is 0 Å². The van der Waals surface area contributed by atoms with Crippen LogP contribution in [0.25, 0.3) is 0 Å². The molecule has 0 amide bonds. The van der Waals surface area contributed by atoms with Gasteiger partial charge in [-0.2, -0.15) is 0 Å². The summed E-state index contributed by atoms with van der Waals surface area (Å²) in [4.78, 5) is 11.7. The van der Waals surface area contributed by atoms with E-state index in [0.717, 1.165) is 5.19 Å². The van der Waals surface area contributed by atoms with Gasteiger partial charge in [0.15, 0.2) is 0 Å². The zero-order chi connectivity index (χ0) is 12.2. The van der Waals surface area contributed by atoms with E-state index in [4.69, 9.17) is 4.43 Å². The Balaban J connectivity index is 2.84. The smallest absolute Gasteiger partial charge is 0.320 e. The Morgan fingerprint density at radius 3 is 2.31 bits per heavy atom. The zero-order valence-electron chi connectivity index (χ0n) is 10.3. The zero-order valence-corrected chi connectivity index (χ0v) is 11.3. The first-order chi connectivity index (χ1) is 7.47. The summed E-state index contributed by atoms with van der Waals surface area (Å²) >= 11 is 0. The van der Waals surface area contributed by atoms with Gasteiger partial charge in [-0.15, -0.1) is 0 Å². The van der Waals surface area contributed by atoms with Crippen molar-refractivity contribution in [2.75, 3.05) is 0 Å². The number of benzene rings is 1. The Bertz CT molecular complexity index is 394. The molecule has 0 bridgehead atoms. The SMILES string of the molecule is C/C=C(\C)C(=O)O[Si](C)(C)c1ccccc1. The highest BCUT2D eigenvalue weighted by atomic mass is 28.4. The highest BCUT2D eigenvalue weighted by molar-refractivity contribution is 6.85. The predicted octanol–water partition coefficient (Wildman–Crippen LogP) is 2.61. The van der Waals surface area contributed by atoms with Crippen molar-refractivity contribution in [3.05, 3.63) is 42.0 Å². The van der Waals surface area contributed by atoms with E-state index in [0.29, 0.717) is 5.57 Å². The van der Waals surface area contributed by atoms with Crippen LogP contribution in [-0.4, -0.2) is 14.3 Å². The second kappa shape index (κ2) is 5.12. The van der Waals surface area contributed by atoms with E-state index < -0.39 is 8.32 Å². The lowest BCUT2D eigenvalue weighted by molar-refractivity contribution is -0.130. The molecule has 16 heavy (non-hydrogen) atoms. The summed E-state index contributed by atoms with van der Waals surface area (Å²) in [5.74, 6) is -0.206. The maximum atomic E-state index is 11.7. The molecule has 0 radical (unpaired) electrons. The second-order valence-corrected chi connectivity index (χ2v) is 8.04. The van der Waals surface area contributed by atoms with Crippen molar-refractivity contribution in [2.24, 2.45) is 0 Å². The van der Waals surface area contributed by atoms with Crippen LogP contribution in [0, 0.1) is 0 Å². The van der Waals surface area contributed by atoms with Crippen LogP contribution in [0.5, 0.6) is 0 Å². The Kier molecular flexibility index (Phi) is 4.07. The molecular formula is C13H18O2Si. The third-order valence-electron chi connectivity index (χ3n) is 2.57. The lowest BCUT2D eigenvalue weighted by Gasteiger charge is -2.23. The molecule has 1 aromatic rings. The van der Waals surface area contributed by atoms with Gasteiger partial charge in [-0.25, -0.2) is 4.79 Å². The van der Waals surface area contributed by atoms with Gasteiger partial charge in [0.05, 0.1) is 0 Å². The van der Waals surface area contributed by atoms with E-state index in [9.17, 15) is 4.79 Å². The lowest BCUT2D eigenvalue weighted by Crippen LogP contribution is -2.46. The number of allylic oxidation sites excluding steroid dienone is 1. The first kappa shape index (κ1) is 12.7. The predicted molar refractivity (Wildman–Crippen MR) is 69.1 cm³/mol. The van der Waals surface area contributed by atoms with Crippen molar-refractivity contribution < 1.29 is 9.22 Å². The average molecular weight is 234 g/mol. The summed E-state index contributed by atoms with van der Waals surface area (Å²) in [6.45, 7) is 7.68. The van der Waals surface area contributed by atoms with Gasteiger partial charge >= 0.3 is 5.97 Å². The van der Waals surface area contributed by atoms with Crippen molar-refractivity contribution in [1.29, 1.82) is 0 Å². The third-order valence-corrected chi connectivity index (χ3v) is 4.99. The maximum Gasteiger partial charge on any atom is 0.320 e. The molecule has 1 rings (SSSR count). The monoisotopic (exact) mass is 234 g/mol. The molecule has 0 unspecified atom stereocenters. The van der Waals surface area contributed by atoms with Gasteiger partial charge in [0, 0.05) is 5.57 Å². The van der Waals surface area contributed by atoms with Crippen LogP contribution in [0.15, 0.2) is 42.0 Å². The fourth-order valence-electron chi connectivity index (χ4n) is 1.33. The fourth-order valence-corrected chi connectivity index (χ4v) is 3.07. The number of hydrogen-bond donors (Lipinski definition) is 0. The molecule has 0 heterocycles. The standard InChI is InChI=1S/C13H18O2Si/c1-5-11(2)13(14)15-16(3,4)12-9-7-6-8-10-12/h5-10H,1-4H3/b11-5+. The first-order valence-electron chi connectivity index (χ1n) is 5.39. The Morgan fingerprint density at radius 1 is 1.25 bits per heavy atom. The fraction of sp³-hybridized carbons (Fsp3) is 0.308. The van der Waals surface area contributed by atoms with Crippen LogP contribution < -0.4 is 5.19 Å². The minimum atomic E-state index is -2.11. The first-order valence-corrected chi connectivity index (χ1v) is 8.30. The van der Waals surface area contributed by atoms with Crippen molar-refractivity contribution in [1.82, 2.24) is 0 Å². The lowest BCUT2D eigenvalue weighted by atomic mass is 10.3. The molecule has 0 aromatic heterocycles. The van der Waals surface area contributed by atoms with E-state index in [1.165, 1.54) is 0 Å². The quantitative estimate of drug-likeness (QED) is 0.593. The summed E-state index contributed by atoms with van der Waals surface area (Å²) in [7, 11) is -2.11. The number of carbonyl (C=O) groups is 1. The van der Waals surface area contributed by atoms with Gasteiger partial charge in [-0.1, -0.05) is 36.4 Å². The van der Waals surface area contributed by atoms with Crippen LogP contribution in [-0.2, 0) is 9.22 Å². The van der Waals surface area contributed by atoms with E-state index in [-0.39, 0.29) is 5.97 Å². The Labute approximate surface area is 98.1 Å². The van der Waals surface area contributed by atoms with Gasteiger partial charge in [-0.3, -0.25) is 0 Å². The third kappa shape index (κ3) is 3.07. The van der Waals surface area contributed by atoms with Crippen molar-refractivity contribution in [3.63, 3.8) is 0 Å². The molecular weight excluding hydrogens is 216 g/mol. The normalized spacial score (nSPS) is 12.4. The molecule has 0 saturated heterocycles. The van der Waals surface area contributed by atoms with Crippen molar-refractivity contribution in [3.8, 4) is 0 Å². The van der Waals surface area contributed by atoms with E-state index in [1.54, 1.807) is 13.0 Å². The summed E-state index contributed by atoms with van der Waals surface area (Å²) in [6.07, 6.45) is 1.78. The highest BCUT2D eigenvalue weighted by Crippen LogP contribution is 2.08. The summed E-state index contributed by atoms with van der Waals surface area (Å²) < 4.78 is 5.61. The van der Waals surface area contributed by atoms with Crippen LogP contribution in [0.2, 0.25) is 13.1 Å². The van der Waals surface area contributed by atoms with Crippen LogP contribution in [0.3, 0.4) is 0 Å². The molecule has 2 nitrogen and oxygen atoms in total. The van der Waals surface area contributed by atoms with Gasteiger partial charge in [0.25, 0.3) is 8.32 Å². The molecule has 0 aliphatic carbocycles. The molecule has 0 aliphatic heterocycles. The minimum Gasteiger partial charge on any atom is -0.512 e. The van der Waals surface area contributed by atoms with Gasteiger partial charge in [-0.05, 0) is 32.1 Å². The van der Waals surface area contributed by atoms with E-state index in [2.05, 4.69) is 0 Å². The average Bonchev–Trinajstić information content (AvgIpc) is 2.28. The van der Waals surface area contributed by atoms with Gasteiger partial charge < -0.3 is 4.43 Å². The number of hydrogen-bond acceptors (Lipinski definition) is 2. The van der Waals surface area contributed by atoms with E-state index >= 15 is 0 Å². The molecule has 0 N–H and O–H groups in total. The second-order valence-electron chi connectivity index (χ2n) is 4.24. The highest BCUT2D eigenvalue weighted by Gasteiger charge is 2.29. The number of rotatable bonds is 3. The maximum absolute atomic E-state index is 11.7. The largest absolute Gasteiger partial charge is 0.512 e. The summed E-state index contributed by atoms with van der Waals surface area (Å²) in [5.41, 5.74) is 0.663. The van der Waals surface area contributed by atoms with Crippen LogP contribution in [0.1, 0.15) is 13.8 Å². The van der Waals surface area contributed by atoms with Gasteiger partial charge in [0.2, 0.25) is 0 Å². The van der Waals surface area contributed by atoms with Crippen LogP contribution >= 0.6 is 0 Å². The molecule has 86 valence electrons. The van der Waals surface area contributed by atoms with Crippen molar-refractivity contribution in [2.45, 2.75) is 26.9 Å². The molecule has 0 aliphatic rings. The molecule has 1 aromatic carbocycles. The van der Waals surface area contributed by atoms with Crippen molar-refractivity contribution >= 4 is 19.5 Å². The molecule has 0 spiro atoms. The Morgan fingerprint density at radius 2 is 1.81 bits per heavy atom. The minimum absolute atomic E-state index is 0.206. The molecule has 0 saturated carbocycles. The van der Waals surface area contributed by atoms with E-state index in [1.807, 2.05) is 50.3 Å². The molecule has 3 heteroatoms. The Hall–Kier alpha value is -1.35. The number of carbonyl (C=O) groups excluding carboxylic acids is 1.